The number of aromatic nitrogens is 1. The van der Waals surface area contributed by atoms with Gasteiger partial charge in [0.25, 0.3) is 0 Å². The summed E-state index contributed by atoms with van der Waals surface area (Å²) in [5, 5.41) is 1.06. The number of nitrogens with zero attached hydrogens (tertiary/aromatic N) is 1. The summed E-state index contributed by atoms with van der Waals surface area (Å²) in [6, 6.07) is 9.87. The molecule has 4 nitrogen and oxygen atoms in total. The predicted molar refractivity (Wildman–Crippen MR) is 89.5 cm³/mol. The highest BCUT2D eigenvalue weighted by Crippen LogP contribution is 2.23. The molecule has 5 heteroatoms. The second-order valence-corrected chi connectivity index (χ2v) is 6.53. The molecule has 0 atom stereocenters. The number of rotatable bonds is 5. The van der Waals surface area contributed by atoms with Gasteiger partial charge in [0.05, 0.1) is 12.8 Å². The number of para-hydroxylation sites is 1. The molecule has 0 saturated carbocycles. The van der Waals surface area contributed by atoms with Crippen LogP contribution in [-0.4, -0.2) is 19.2 Å². The van der Waals surface area contributed by atoms with Gasteiger partial charge in [-0.2, -0.15) is 8.42 Å². The molecule has 0 N–H and O–H groups in total. The first-order chi connectivity index (χ1) is 10.3. The van der Waals surface area contributed by atoms with Crippen LogP contribution in [-0.2, 0) is 20.8 Å². The smallest absolute Gasteiger partial charge is 0.306 e. The number of fused-ring (bicyclic) bond motifs is 1. The van der Waals surface area contributed by atoms with E-state index in [-0.39, 0.29) is 5.76 Å². The zero-order chi connectivity index (χ0) is 16.3. The van der Waals surface area contributed by atoms with Crippen molar-refractivity contribution in [1.29, 1.82) is 0 Å². The summed E-state index contributed by atoms with van der Waals surface area (Å²) in [7, 11) is -3.59. The minimum atomic E-state index is -3.59. The summed E-state index contributed by atoms with van der Waals surface area (Å²) in [5.74, 6) is 2.72. The van der Waals surface area contributed by atoms with Gasteiger partial charge in [0.1, 0.15) is 5.76 Å². The lowest BCUT2D eigenvalue weighted by Crippen LogP contribution is -2.03. The molecule has 2 aromatic rings. The summed E-state index contributed by atoms with van der Waals surface area (Å²) in [6.07, 6.45) is 8.24. The number of allylic oxidation sites excluding steroid dienone is 1. The molecule has 1 aromatic carbocycles. The van der Waals surface area contributed by atoms with E-state index in [2.05, 4.69) is 12.5 Å². The maximum atomic E-state index is 11.2. The Hall–Kier alpha value is -2.45. The normalized spacial score (nSPS) is 12.1. The van der Waals surface area contributed by atoms with Crippen molar-refractivity contribution in [2.24, 2.45) is 0 Å². The Kier molecular flexibility index (Phi) is 4.43. The molecule has 0 spiro atoms. The minimum absolute atomic E-state index is 0.0972. The zero-order valence-electron chi connectivity index (χ0n) is 12.5. The van der Waals surface area contributed by atoms with Crippen LogP contribution in [0.2, 0.25) is 0 Å². The van der Waals surface area contributed by atoms with Gasteiger partial charge in [0.15, 0.2) is 0 Å². The van der Waals surface area contributed by atoms with Crippen molar-refractivity contribution < 1.29 is 12.6 Å². The van der Waals surface area contributed by atoms with Crippen molar-refractivity contribution in [2.45, 2.75) is 13.5 Å². The Labute approximate surface area is 130 Å². The topological polar surface area (TPSA) is 48.3 Å². The average molecular weight is 315 g/mol. The molecule has 0 bridgehead atoms. The van der Waals surface area contributed by atoms with Crippen LogP contribution in [0.4, 0.5) is 0 Å². The Morgan fingerprint density at radius 1 is 1.45 bits per heavy atom. The second kappa shape index (κ2) is 6.12. The Bertz CT molecular complexity index is 896. The maximum Gasteiger partial charge on any atom is 0.306 e. The molecule has 0 amide bonds. The largest absolute Gasteiger partial charge is 0.383 e. The molecule has 1 aromatic heterocycles. The molecule has 114 valence electrons. The van der Waals surface area contributed by atoms with Crippen LogP contribution < -0.4 is 0 Å². The van der Waals surface area contributed by atoms with Crippen molar-refractivity contribution in [3.63, 3.8) is 0 Å². The van der Waals surface area contributed by atoms with E-state index in [0.29, 0.717) is 12.1 Å². The highest BCUT2D eigenvalue weighted by Gasteiger charge is 2.10. The molecule has 0 fully saturated rings. The molecule has 0 saturated heterocycles. The van der Waals surface area contributed by atoms with E-state index < -0.39 is 10.1 Å². The molecule has 0 aliphatic carbocycles. The second-order valence-electron chi connectivity index (χ2n) is 4.96. The van der Waals surface area contributed by atoms with Crippen LogP contribution in [0.3, 0.4) is 0 Å². The van der Waals surface area contributed by atoms with E-state index in [4.69, 9.17) is 10.6 Å². The number of hydrogen-bond donors (Lipinski definition) is 0. The predicted octanol–water partition coefficient (Wildman–Crippen LogP) is 3.17. The lowest BCUT2D eigenvalue weighted by Gasteiger charge is -2.08. The summed E-state index contributed by atoms with van der Waals surface area (Å²) in [5.41, 5.74) is 2.51. The average Bonchev–Trinajstić information content (AvgIpc) is 2.75. The molecule has 0 unspecified atom stereocenters. The Morgan fingerprint density at radius 2 is 2.14 bits per heavy atom. The van der Waals surface area contributed by atoms with E-state index >= 15 is 0 Å². The highest BCUT2D eigenvalue weighted by atomic mass is 32.2. The van der Waals surface area contributed by atoms with Gasteiger partial charge in [0, 0.05) is 16.6 Å². The monoisotopic (exact) mass is 315 g/mol. The Balaban J connectivity index is 2.46. The van der Waals surface area contributed by atoms with Gasteiger partial charge in [-0.3, -0.25) is 0 Å². The van der Waals surface area contributed by atoms with E-state index in [1.54, 1.807) is 6.92 Å². The first kappa shape index (κ1) is 15.9. The molecule has 1 heterocycles. The van der Waals surface area contributed by atoms with Crippen LogP contribution in [0.1, 0.15) is 12.6 Å². The Morgan fingerprint density at radius 3 is 2.77 bits per heavy atom. The van der Waals surface area contributed by atoms with Gasteiger partial charge in [-0.1, -0.05) is 30.7 Å². The van der Waals surface area contributed by atoms with Crippen molar-refractivity contribution in [3.8, 4) is 12.3 Å². The molecular formula is C17H17NO3S. The van der Waals surface area contributed by atoms with Gasteiger partial charge >= 0.3 is 10.1 Å². The van der Waals surface area contributed by atoms with Crippen LogP contribution in [0.5, 0.6) is 0 Å². The SMILES string of the molecule is C#CCn1c(/C=C(\C)C(=C)OS(C)(=O)=O)cc2ccccc21. The van der Waals surface area contributed by atoms with Crippen molar-refractivity contribution in [2.75, 3.05) is 6.26 Å². The third-order valence-electron chi connectivity index (χ3n) is 3.15. The fourth-order valence-corrected chi connectivity index (χ4v) is 2.67. The van der Waals surface area contributed by atoms with Crippen LogP contribution in [0.15, 0.2) is 48.2 Å². The highest BCUT2D eigenvalue weighted by molar-refractivity contribution is 7.86. The zero-order valence-corrected chi connectivity index (χ0v) is 13.4. The standard InChI is InChI=1S/C17H17NO3S/c1-5-10-18-16(12-15-8-6-7-9-17(15)18)11-13(2)14(3)21-22(4,19)20/h1,6-9,11-12H,3,10H2,2,4H3/b13-11+. The lowest BCUT2D eigenvalue weighted by molar-refractivity contribution is 0.422. The van der Waals surface area contributed by atoms with E-state index in [0.717, 1.165) is 22.9 Å². The number of benzene rings is 1. The van der Waals surface area contributed by atoms with Gasteiger partial charge in [-0.05, 0) is 30.7 Å². The summed E-state index contributed by atoms with van der Waals surface area (Å²) in [6.45, 7) is 5.81. The summed E-state index contributed by atoms with van der Waals surface area (Å²) < 4.78 is 29.1. The van der Waals surface area contributed by atoms with Gasteiger partial charge in [-0.25, -0.2) is 0 Å². The number of terminal acetylenes is 1. The van der Waals surface area contributed by atoms with Gasteiger partial charge in [0.2, 0.25) is 0 Å². The van der Waals surface area contributed by atoms with E-state index in [9.17, 15) is 8.42 Å². The molecule has 22 heavy (non-hydrogen) atoms. The lowest BCUT2D eigenvalue weighted by atomic mass is 10.2. The fourth-order valence-electron chi connectivity index (χ4n) is 2.17. The summed E-state index contributed by atoms with van der Waals surface area (Å²) in [4.78, 5) is 0. The first-order valence-electron chi connectivity index (χ1n) is 6.60. The third kappa shape index (κ3) is 3.60. The third-order valence-corrected chi connectivity index (χ3v) is 3.65. The van der Waals surface area contributed by atoms with E-state index in [1.165, 1.54) is 0 Å². The first-order valence-corrected chi connectivity index (χ1v) is 8.42. The molecule has 0 aliphatic rings. The molecule has 2 rings (SSSR count). The van der Waals surface area contributed by atoms with Crippen molar-refractivity contribution in [3.05, 3.63) is 53.9 Å². The molecule has 0 aliphatic heterocycles. The van der Waals surface area contributed by atoms with Crippen molar-refractivity contribution >= 4 is 27.1 Å². The molecule has 0 radical (unpaired) electrons. The van der Waals surface area contributed by atoms with Gasteiger partial charge < -0.3 is 8.75 Å². The van der Waals surface area contributed by atoms with Crippen molar-refractivity contribution in [1.82, 2.24) is 4.57 Å². The van der Waals surface area contributed by atoms with Crippen LogP contribution >= 0.6 is 0 Å². The van der Waals surface area contributed by atoms with Crippen LogP contribution in [0.25, 0.3) is 17.0 Å². The molecular weight excluding hydrogens is 298 g/mol. The summed E-state index contributed by atoms with van der Waals surface area (Å²) >= 11 is 0. The minimum Gasteiger partial charge on any atom is -0.383 e. The maximum absolute atomic E-state index is 11.2. The van der Waals surface area contributed by atoms with Crippen LogP contribution in [0, 0.1) is 12.3 Å². The number of hydrogen-bond acceptors (Lipinski definition) is 3. The quantitative estimate of drug-likeness (QED) is 0.368. The van der Waals surface area contributed by atoms with Gasteiger partial charge in [-0.15, -0.1) is 6.42 Å². The van der Waals surface area contributed by atoms with E-state index in [1.807, 2.05) is 41.0 Å². The fraction of sp³-hybridized carbons (Fsp3) is 0.176.